The largest absolute Gasteiger partial charge is 0.314 e. The summed E-state index contributed by atoms with van der Waals surface area (Å²) in [6, 6.07) is 9.76. The van der Waals surface area contributed by atoms with Crippen molar-refractivity contribution in [1.82, 2.24) is 5.32 Å². The number of hydrogen-bond donors (Lipinski definition) is 1. The first-order valence-corrected chi connectivity index (χ1v) is 7.99. The van der Waals surface area contributed by atoms with E-state index in [1.165, 1.54) is 17.5 Å². The van der Waals surface area contributed by atoms with Crippen LogP contribution in [0.5, 0.6) is 0 Å². The molecule has 1 aromatic rings. The summed E-state index contributed by atoms with van der Waals surface area (Å²) in [6.45, 7) is 17.0. The van der Waals surface area contributed by atoms with Crippen LogP contribution in [0, 0.1) is 5.41 Å². The van der Waals surface area contributed by atoms with Crippen molar-refractivity contribution in [2.45, 2.75) is 72.8 Å². The van der Waals surface area contributed by atoms with Crippen LogP contribution >= 0.6 is 0 Å². The standard InChI is InChI=1S/C19H33N/c1-8-19(7,14-20-15(2)3)13-16-9-11-17(12-10-16)18(4,5)6/h9-12,15,20H,8,13-14H2,1-7H3. The molecule has 1 aromatic carbocycles. The van der Waals surface area contributed by atoms with E-state index in [1.807, 2.05) is 0 Å². The van der Waals surface area contributed by atoms with E-state index < -0.39 is 0 Å². The molecule has 0 amide bonds. The fourth-order valence-corrected chi connectivity index (χ4v) is 2.38. The molecule has 0 bridgehead atoms. The predicted octanol–water partition coefficient (Wildman–Crippen LogP) is 4.94. The van der Waals surface area contributed by atoms with Gasteiger partial charge in [-0.05, 0) is 34.8 Å². The molecule has 0 aliphatic heterocycles. The second-order valence-electron chi connectivity index (χ2n) is 7.82. The van der Waals surface area contributed by atoms with Crippen molar-refractivity contribution >= 4 is 0 Å². The third-order valence-corrected chi connectivity index (χ3v) is 4.24. The van der Waals surface area contributed by atoms with Crippen LogP contribution in [0.1, 0.15) is 66.0 Å². The average molecular weight is 275 g/mol. The molecule has 1 rings (SSSR count). The number of nitrogens with one attached hydrogen (secondary N) is 1. The summed E-state index contributed by atoms with van der Waals surface area (Å²) >= 11 is 0. The Morgan fingerprint density at radius 1 is 1.00 bits per heavy atom. The Labute approximate surface area is 126 Å². The Kier molecular flexibility index (Phi) is 5.82. The summed E-state index contributed by atoms with van der Waals surface area (Å²) in [5.74, 6) is 0. The summed E-state index contributed by atoms with van der Waals surface area (Å²) in [7, 11) is 0. The second-order valence-corrected chi connectivity index (χ2v) is 7.82. The van der Waals surface area contributed by atoms with Gasteiger partial charge in [-0.25, -0.2) is 0 Å². The molecule has 0 aliphatic carbocycles. The van der Waals surface area contributed by atoms with E-state index in [1.54, 1.807) is 0 Å². The third-order valence-electron chi connectivity index (χ3n) is 4.24. The fraction of sp³-hybridized carbons (Fsp3) is 0.684. The van der Waals surface area contributed by atoms with E-state index in [9.17, 15) is 0 Å². The number of hydrogen-bond acceptors (Lipinski definition) is 1. The van der Waals surface area contributed by atoms with Gasteiger partial charge < -0.3 is 5.32 Å². The van der Waals surface area contributed by atoms with Crippen molar-refractivity contribution in [3.05, 3.63) is 35.4 Å². The van der Waals surface area contributed by atoms with Crippen molar-refractivity contribution in [3.8, 4) is 0 Å². The molecular weight excluding hydrogens is 242 g/mol. The third kappa shape index (κ3) is 5.28. The molecule has 0 spiro atoms. The summed E-state index contributed by atoms with van der Waals surface area (Å²) in [5.41, 5.74) is 3.45. The molecule has 1 nitrogen and oxygen atoms in total. The van der Waals surface area contributed by atoms with Gasteiger partial charge in [0, 0.05) is 12.6 Å². The second kappa shape index (κ2) is 6.76. The zero-order valence-electron chi connectivity index (χ0n) is 14.5. The molecule has 1 heteroatoms. The lowest BCUT2D eigenvalue weighted by atomic mass is 9.80. The van der Waals surface area contributed by atoms with Gasteiger partial charge in [0.15, 0.2) is 0 Å². The molecule has 1 unspecified atom stereocenters. The summed E-state index contributed by atoms with van der Waals surface area (Å²) in [4.78, 5) is 0. The first-order chi connectivity index (χ1) is 9.16. The highest BCUT2D eigenvalue weighted by Gasteiger charge is 2.23. The maximum atomic E-state index is 3.59. The molecule has 114 valence electrons. The van der Waals surface area contributed by atoms with Crippen LogP contribution in [-0.2, 0) is 11.8 Å². The summed E-state index contributed by atoms with van der Waals surface area (Å²) in [5, 5.41) is 3.59. The monoisotopic (exact) mass is 275 g/mol. The smallest absolute Gasteiger partial charge is 0.00106 e. The molecule has 20 heavy (non-hydrogen) atoms. The van der Waals surface area contributed by atoms with Gasteiger partial charge in [0.05, 0.1) is 0 Å². The SMILES string of the molecule is CCC(C)(CNC(C)C)Cc1ccc(C(C)(C)C)cc1. The van der Waals surface area contributed by atoms with Gasteiger partial charge in [0.2, 0.25) is 0 Å². The van der Waals surface area contributed by atoms with Gasteiger partial charge in [-0.15, -0.1) is 0 Å². The molecule has 0 aliphatic rings. The quantitative estimate of drug-likeness (QED) is 0.775. The van der Waals surface area contributed by atoms with E-state index in [-0.39, 0.29) is 5.41 Å². The Morgan fingerprint density at radius 3 is 1.95 bits per heavy atom. The average Bonchev–Trinajstić information content (AvgIpc) is 2.36. The Hall–Kier alpha value is -0.820. The topological polar surface area (TPSA) is 12.0 Å². The van der Waals surface area contributed by atoms with Crippen molar-refractivity contribution < 1.29 is 0 Å². The first kappa shape index (κ1) is 17.2. The first-order valence-electron chi connectivity index (χ1n) is 7.99. The highest BCUT2D eigenvalue weighted by molar-refractivity contribution is 5.28. The highest BCUT2D eigenvalue weighted by atomic mass is 14.9. The molecular formula is C19H33N. The molecule has 0 aromatic heterocycles. The molecule has 0 saturated carbocycles. The van der Waals surface area contributed by atoms with E-state index >= 15 is 0 Å². The van der Waals surface area contributed by atoms with Crippen LogP contribution in [-0.4, -0.2) is 12.6 Å². The van der Waals surface area contributed by atoms with Gasteiger partial charge in [-0.3, -0.25) is 0 Å². The number of rotatable bonds is 6. The Balaban J connectivity index is 2.75. The van der Waals surface area contributed by atoms with Crippen LogP contribution in [0.3, 0.4) is 0 Å². The minimum Gasteiger partial charge on any atom is -0.314 e. The van der Waals surface area contributed by atoms with Crippen LogP contribution in [0.15, 0.2) is 24.3 Å². The fourth-order valence-electron chi connectivity index (χ4n) is 2.38. The summed E-state index contributed by atoms with van der Waals surface area (Å²) < 4.78 is 0. The number of benzene rings is 1. The van der Waals surface area contributed by atoms with Crippen molar-refractivity contribution in [2.24, 2.45) is 5.41 Å². The lowest BCUT2D eigenvalue weighted by Crippen LogP contribution is -2.36. The normalized spacial score (nSPS) is 15.4. The molecule has 1 atom stereocenters. The molecule has 0 radical (unpaired) electrons. The van der Waals surface area contributed by atoms with E-state index in [2.05, 4.69) is 78.0 Å². The Morgan fingerprint density at radius 2 is 1.55 bits per heavy atom. The van der Waals surface area contributed by atoms with Crippen LogP contribution in [0.4, 0.5) is 0 Å². The lowest BCUT2D eigenvalue weighted by molar-refractivity contribution is 0.281. The minimum atomic E-state index is 0.242. The zero-order valence-corrected chi connectivity index (χ0v) is 14.5. The highest BCUT2D eigenvalue weighted by Crippen LogP contribution is 2.28. The Bertz CT molecular complexity index is 397. The van der Waals surface area contributed by atoms with Gasteiger partial charge in [-0.1, -0.05) is 72.7 Å². The van der Waals surface area contributed by atoms with Gasteiger partial charge >= 0.3 is 0 Å². The molecule has 0 fully saturated rings. The van der Waals surface area contributed by atoms with Gasteiger partial charge in [0.1, 0.15) is 0 Å². The predicted molar refractivity (Wildman–Crippen MR) is 90.4 cm³/mol. The zero-order chi connectivity index (χ0) is 15.4. The van der Waals surface area contributed by atoms with Crippen LogP contribution in [0.2, 0.25) is 0 Å². The maximum absolute atomic E-state index is 3.59. The van der Waals surface area contributed by atoms with Crippen LogP contribution in [0.25, 0.3) is 0 Å². The van der Waals surface area contributed by atoms with Gasteiger partial charge in [0.25, 0.3) is 0 Å². The molecule has 0 saturated heterocycles. The lowest BCUT2D eigenvalue weighted by Gasteiger charge is -2.30. The maximum Gasteiger partial charge on any atom is 0.00106 e. The van der Waals surface area contributed by atoms with E-state index in [4.69, 9.17) is 0 Å². The van der Waals surface area contributed by atoms with Gasteiger partial charge in [-0.2, -0.15) is 0 Å². The van der Waals surface area contributed by atoms with Crippen molar-refractivity contribution in [2.75, 3.05) is 6.54 Å². The molecule has 1 N–H and O–H groups in total. The van der Waals surface area contributed by atoms with Crippen molar-refractivity contribution in [3.63, 3.8) is 0 Å². The van der Waals surface area contributed by atoms with Crippen molar-refractivity contribution in [1.29, 1.82) is 0 Å². The molecule has 0 heterocycles. The van der Waals surface area contributed by atoms with Crippen LogP contribution < -0.4 is 5.32 Å². The van der Waals surface area contributed by atoms with E-state index in [0.29, 0.717) is 11.5 Å². The van der Waals surface area contributed by atoms with E-state index in [0.717, 1.165) is 13.0 Å². The minimum absolute atomic E-state index is 0.242. The summed E-state index contributed by atoms with van der Waals surface area (Å²) in [6.07, 6.45) is 2.35.